The van der Waals surface area contributed by atoms with Gasteiger partial charge in [-0.3, -0.25) is 29.9 Å². The van der Waals surface area contributed by atoms with Crippen LogP contribution in [0.3, 0.4) is 0 Å². The van der Waals surface area contributed by atoms with Crippen molar-refractivity contribution in [2.24, 2.45) is 0 Å². The van der Waals surface area contributed by atoms with Crippen molar-refractivity contribution in [3.05, 3.63) is 128 Å². The van der Waals surface area contributed by atoms with Crippen molar-refractivity contribution in [3.63, 3.8) is 0 Å². The minimum absolute atomic E-state index is 0.0290. The van der Waals surface area contributed by atoms with Crippen LogP contribution in [0.5, 0.6) is 0 Å². The molecule has 1 aliphatic heterocycles. The van der Waals surface area contributed by atoms with Crippen molar-refractivity contribution >= 4 is 22.9 Å². The van der Waals surface area contributed by atoms with Crippen LogP contribution in [0.4, 0.5) is 11.4 Å². The number of hydrogen-bond acceptors (Lipinski definition) is 7. The van der Waals surface area contributed by atoms with E-state index in [4.69, 9.17) is 4.98 Å². The quantitative estimate of drug-likeness (QED) is 0.178. The van der Waals surface area contributed by atoms with Gasteiger partial charge in [-0.05, 0) is 36.2 Å². The Morgan fingerprint density at radius 1 is 0.791 bits per heavy atom. The zero-order chi connectivity index (χ0) is 30.1. The number of carbonyl (C=O) groups excluding carboxylic acids is 1. The van der Waals surface area contributed by atoms with Crippen molar-refractivity contribution in [3.8, 4) is 22.4 Å². The summed E-state index contributed by atoms with van der Waals surface area (Å²) < 4.78 is 2.05. The molecule has 0 radical (unpaired) electrons. The van der Waals surface area contributed by atoms with Gasteiger partial charge in [0.15, 0.2) is 0 Å². The Morgan fingerprint density at radius 3 is 2.14 bits per heavy atom. The number of nitro groups is 2. The third-order valence-electron chi connectivity index (χ3n) is 7.77. The number of piperazine rings is 1. The van der Waals surface area contributed by atoms with Crippen LogP contribution in [0.25, 0.3) is 28.0 Å². The monoisotopic (exact) mass is 576 g/mol. The normalized spacial score (nSPS) is 13.7. The molecule has 0 spiro atoms. The van der Waals surface area contributed by atoms with E-state index in [-0.39, 0.29) is 17.3 Å². The summed E-state index contributed by atoms with van der Waals surface area (Å²) in [6.07, 6.45) is 1.97. The Bertz CT molecular complexity index is 1860. The van der Waals surface area contributed by atoms with Crippen LogP contribution in [0, 0.1) is 27.2 Å². The van der Waals surface area contributed by atoms with Gasteiger partial charge in [0.05, 0.1) is 21.2 Å². The lowest BCUT2D eigenvalue weighted by molar-refractivity contribution is -0.385. The average Bonchev–Trinajstić information content (AvgIpc) is 3.38. The van der Waals surface area contributed by atoms with Gasteiger partial charge in [0.25, 0.3) is 17.3 Å². The topological polar surface area (TPSA) is 127 Å². The molecule has 0 atom stereocenters. The summed E-state index contributed by atoms with van der Waals surface area (Å²) in [5.41, 5.74) is 6.52. The lowest BCUT2D eigenvalue weighted by Crippen LogP contribution is -2.48. The van der Waals surface area contributed by atoms with Crippen LogP contribution in [-0.4, -0.2) is 61.1 Å². The second kappa shape index (κ2) is 11.5. The maximum atomic E-state index is 13.1. The molecule has 0 unspecified atom stereocenters. The molecule has 1 saturated heterocycles. The fraction of sp³-hybridized carbons (Fsp3) is 0.188. The van der Waals surface area contributed by atoms with Gasteiger partial charge in [-0.15, -0.1) is 0 Å². The number of nitrogens with zero attached hydrogens (tertiary/aromatic N) is 6. The average molecular weight is 577 g/mol. The van der Waals surface area contributed by atoms with Crippen LogP contribution in [-0.2, 0) is 6.54 Å². The Morgan fingerprint density at radius 2 is 1.44 bits per heavy atom. The fourth-order valence-electron chi connectivity index (χ4n) is 5.41. The first kappa shape index (κ1) is 27.7. The third-order valence-corrected chi connectivity index (χ3v) is 7.77. The molecule has 1 aliphatic rings. The summed E-state index contributed by atoms with van der Waals surface area (Å²) in [5, 5.41) is 22.5. The molecule has 216 valence electrons. The SMILES string of the molecule is Cc1ccc(-c2nc3ccc(-c4cccc([N+](=O)[O-])c4)cn3c2CN2CCN(C(=O)c3cccc([N+](=O)[O-])c3)CC2)cc1. The Balaban J connectivity index is 1.29. The molecule has 0 N–H and O–H groups in total. The van der Waals surface area contributed by atoms with Gasteiger partial charge < -0.3 is 9.30 Å². The van der Waals surface area contributed by atoms with Crippen molar-refractivity contribution < 1.29 is 14.6 Å². The maximum absolute atomic E-state index is 13.1. The number of rotatable bonds is 7. The van der Waals surface area contributed by atoms with Gasteiger partial charge in [-0.25, -0.2) is 4.98 Å². The molecular weight excluding hydrogens is 548 g/mol. The second-order valence-corrected chi connectivity index (χ2v) is 10.6. The minimum Gasteiger partial charge on any atom is -0.336 e. The van der Waals surface area contributed by atoms with Gasteiger partial charge >= 0.3 is 0 Å². The van der Waals surface area contributed by atoms with Crippen LogP contribution in [0.15, 0.2) is 91.1 Å². The standard InChI is InChI=1S/C32H28N6O5/c1-22-8-10-23(11-9-22)31-29(36-20-26(12-13-30(36)33-31)24-4-2-6-27(18-24)37(40)41)21-34-14-16-35(17-15-34)32(39)25-5-3-7-28(19-25)38(42)43/h2-13,18-20H,14-17,21H2,1H3. The predicted molar refractivity (Wildman–Crippen MR) is 162 cm³/mol. The molecule has 0 saturated carbocycles. The zero-order valence-electron chi connectivity index (χ0n) is 23.4. The Labute approximate surface area is 246 Å². The summed E-state index contributed by atoms with van der Waals surface area (Å²) in [6, 6.07) is 24.4. The Hall–Kier alpha value is -5.42. The molecule has 5 aromatic rings. The van der Waals surface area contributed by atoms with Gasteiger partial charge in [-0.2, -0.15) is 0 Å². The number of pyridine rings is 1. The molecule has 11 heteroatoms. The van der Waals surface area contributed by atoms with Gasteiger partial charge in [0.1, 0.15) is 5.65 Å². The van der Waals surface area contributed by atoms with E-state index in [1.165, 1.54) is 24.3 Å². The van der Waals surface area contributed by atoms with E-state index in [9.17, 15) is 25.0 Å². The van der Waals surface area contributed by atoms with Crippen LogP contribution in [0.1, 0.15) is 21.6 Å². The first-order valence-electron chi connectivity index (χ1n) is 13.9. The molecule has 2 aromatic heterocycles. The summed E-state index contributed by atoms with van der Waals surface area (Å²) in [7, 11) is 0. The van der Waals surface area contributed by atoms with Crippen molar-refractivity contribution in [2.75, 3.05) is 26.2 Å². The van der Waals surface area contributed by atoms with E-state index in [1.807, 2.05) is 35.7 Å². The molecule has 1 amide bonds. The van der Waals surface area contributed by atoms with E-state index in [1.54, 1.807) is 23.1 Å². The summed E-state index contributed by atoms with van der Waals surface area (Å²) >= 11 is 0. The van der Waals surface area contributed by atoms with Gasteiger partial charge in [-0.1, -0.05) is 48.0 Å². The van der Waals surface area contributed by atoms with Crippen LogP contribution in [0.2, 0.25) is 0 Å². The lowest BCUT2D eigenvalue weighted by Gasteiger charge is -2.34. The number of fused-ring (bicyclic) bond motifs is 1. The van der Waals surface area contributed by atoms with Crippen molar-refractivity contribution in [1.82, 2.24) is 19.2 Å². The molecule has 0 aliphatic carbocycles. The minimum atomic E-state index is -0.499. The largest absolute Gasteiger partial charge is 0.336 e. The highest BCUT2D eigenvalue weighted by atomic mass is 16.6. The Kier molecular flexibility index (Phi) is 7.39. The molecule has 43 heavy (non-hydrogen) atoms. The lowest BCUT2D eigenvalue weighted by atomic mass is 10.1. The number of non-ortho nitro benzene ring substituents is 2. The number of hydrogen-bond donors (Lipinski definition) is 0. The third kappa shape index (κ3) is 5.70. The van der Waals surface area contributed by atoms with Crippen molar-refractivity contribution in [2.45, 2.75) is 13.5 Å². The molecule has 1 fully saturated rings. The highest BCUT2D eigenvalue weighted by Crippen LogP contribution is 2.30. The molecule has 3 heterocycles. The molecular formula is C32H28N6O5. The number of carbonyl (C=O) groups is 1. The molecule has 6 rings (SSSR count). The predicted octanol–water partition coefficient (Wildman–Crippen LogP) is 5.75. The highest BCUT2D eigenvalue weighted by Gasteiger charge is 2.25. The van der Waals surface area contributed by atoms with Crippen LogP contribution >= 0.6 is 0 Å². The first-order valence-corrected chi connectivity index (χ1v) is 13.9. The van der Waals surface area contributed by atoms with Gasteiger partial charge in [0, 0.05) is 74.3 Å². The fourth-order valence-corrected chi connectivity index (χ4v) is 5.41. The van der Waals surface area contributed by atoms with Crippen molar-refractivity contribution in [1.29, 1.82) is 0 Å². The van der Waals surface area contributed by atoms with E-state index in [2.05, 4.69) is 29.2 Å². The number of nitro benzene ring substituents is 2. The van der Waals surface area contributed by atoms with E-state index < -0.39 is 9.85 Å². The molecule has 11 nitrogen and oxygen atoms in total. The number of amides is 1. The van der Waals surface area contributed by atoms with Gasteiger partial charge in [0.2, 0.25) is 0 Å². The van der Waals surface area contributed by atoms with E-state index in [0.29, 0.717) is 38.3 Å². The highest BCUT2D eigenvalue weighted by molar-refractivity contribution is 5.95. The van der Waals surface area contributed by atoms with E-state index in [0.717, 1.165) is 39.3 Å². The summed E-state index contributed by atoms with van der Waals surface area (Å²) in [5.74, 6) is -0.222. The molecule has 3 aromatic carbocycles. The first-order chi connectivity index (χ1) is 20.8. The zero-order valence-corrected chi connectivity index (χ0v) is 23.4. The number of aromatic nitrogens is 2. The smallest absolute Gasteiger partial charge is 0.270 e. The number of benzene rings is 3. The maximum Gasteiger partial charge on any atom is 0.270 e. The number of imidazole rings is 1. The number of aryl methyl sites for hydroxylation is 1. The van der Waals surface area contributed by atoms with E-state index >= 15 is 0 Å². The molecule has 0 bridgehead atoms. The van der Waals surface area contributed by atoms with Crippen LogP contribution < -0.4 is 0 Å². The second-order valence-electron chi connectivity index (χ2n) is 10.6. The summed E-state index contributed by atoms with van der Waals surface area (Å²) in [4.78, 5) is 43.7. The summed E-state index contributed by atoms with van der Waals surface area (Å²) in [6.45, 7) is 4.81.